The van der Waals surface area contributed by atoms with E-state index in [9.17, 15) is 22.8 Å². The Morgan fingerprint density at radius 3 is 2.37 bits per heavy atom. The van der Waals surface area contributed by atoms with Crippen molar-refractivity contribution in [2.45, 2.75) is 25.2 Å². The summed E-state index contributed by atoms with van der Waals surface area (Å²) in [5, 5.41) is 1.84. The number of ether oxygens (including phenoxy) is 1. The molecule has 2 amide bonds. The molecule has 0 aliphatic carbocycles. The van der Waals surface area contributed by atoms with Gasteiger partial charge in [0.15, 0.2) is 0 Å². The van der Waals surface area contributed by atoms with Crippen LogP contribution < -0.4 is 10.1 Å². The molecule has 0 fully saturated rings. The van der Waals surface area contributed by atoms with Gasteiger partial charge in [-0.05, 0) is 18.6 Å². The van der Waals surface area contributed by atoms with Crippen molar-refractivity contribution in [2.24, 2.45) is 4.99 Å². The predicted molar refractivity (Wildman–Crippen MR) is 104 cm³/mol. The Morgan fingerprint density at radius 2 is 1.77 bits per heavy atom. The first-order chi connectivity index (χ1) is 14.2. The Labute approximate surface area is 171 Å². The number of aliphatic imine (C=N–C) groups is 1. The average Bonchev–Trinajstić information content (AvgIpc) is 3.02. The number of hydrogen-bond acceptors (Lipinski definition) is 4. The predicted octanol–water partition coefficient (Wildman–Crippen LogP) is 3.38. The fourth-order valence-electron chi connectivity index (χ4n) is 3.20. The normalized spacial score (nSPS) is 18.9. The maximum atomic E-state index is 14.2. The van der Waals surface area contributed by atoms with Gasteiger partial charge >= 0.3 is 11.8 Å². The minimum atomic E-state index is -5.16. The molecule has 1 heterocycles. The summed E-state index contributed by atoms with van der Waals surface area (Å²) in [6.45, 7) is 1.76. The van der Waals surface area contributed by atoms with Crippen LogP contribution in [0.4, 0.5) is 13.2 Å². The van der Waals surface area contributed by atoms with E-state index >= 15 is 0 Å². The molecule has 2 aromatic rings. The van der Waals surface area contributed by atoms with Crippen LogP contribution in [0.2, 0.25) is 0 Å². The zero-order chi connectivity index (χ0) is 21.9. The second kappa shape index (κ2) is 8.17. The van der Waals surface area contributed by atoms with Gasteiger partial charge in [0.1, 0.15) is 11.6 Å². The molecule has 0 bridgehead atoms. The number of benzene rings is 2. The Hall–Kier alpha value is -3.36. The lowest BCUT2D eigenvalue weighted by molar-refractivity contribution is -0.196. The number of hydrogen-bond donors (Lipinski definition) is 1. The molecule has 2 aromatic carbocycles. The van der Waals surface area contributed by atoms with E-state index in [0.29, 0.717) is 12.0 Å². The molecule has 0 saturated carbocycles. The van der Waals surface area contributed by atoms with Gasteiger partial charge in [-0.15, -0.1) is 0 Å². The molecule has 0 spiro atoms. The van der Waals surface area contributed by atoms with E-state index < -0.39 is 23.7 Å². The molecule has 9 heteroatoms. The lowest BCUT2D eigenvalue weighted by atomic mass is 10.1. The summed E-state index contributed by atoms with van der Waals surface area (Å²) in [6.07, 6.45) is -4.75. The number of carbonyl (C=O) groups excluding carboxylic acids is 2. The lowest BCUT2D eigenvalue weighted by Crippen LogP contribution is -2.63. The number of para-hydroxylation sites is 1. The van der Waals surface area contributed by atoms with Crippen LogP contribution in [0.15, 0.2) is 59.6 Å². The summed E-state index contributed by atoms with van der Waals surface area (Å²) in [5.74, 6) is -2.53. The van der Waals surface area contributed by atoms with Crippen molar-refractivity contribution in [1.29, 1.82) is 0 Å². The smallest absolute Gasteiger partial charge is 0.442 e. The Bertz CT molecular complexity index is 976. The summed E-state index contributed by atoms with van der Waals surface area (Å²) in [6, 6.07) is 13.9. The van der Waals surface area contributed by atoms with E-state index in [2.05, 4.69) is 4.99 Å². The van der Waals surface area contributed by atoms with Crippen molar-refractivity contribution >= 4 is 17.6 Å². The number of alkyl halides is 3. The van der Waals surface area contributed by atoms with Gasteiger partial charge in [-0.3, -0.25) is 14.5 Å². The third kappa shape index (κ3) is 3.62. The monoisotopic (exact) mass is 419 g/mol. The van der Waals surface area contributed by atoms with Crippen LogP contribution in [0.3, 0.4) is 0 Å². The van der Waals surface area contributed by atoms with E-state index in [1.807, 2.05) is 5.32 Å². The first-order valence-electron chi connectivity index (χ1n) is 9.24. The molecule has 0 saturated heterocycles. The van der Waals surface area contributed by atoms with Gasteiger partial charge in [-0.2, -0.15) is 13.2 Å². The molecule has 158 valence electrons. The van der Waals surface area contributed by atoms with Crippen molar-refractivity contribution in [3.8, 4) is 5.75 Å². The van der Waals surface area contributed by atoms with Gasteiger partial charge in [0.25, 0.3) is 11.8 Å². The van der Waals surface area contributed by atoms with Gasteiger partial charge in [0.2, 0.25) is 0 Å². The Balaban J connectivity index is 2.11. The Kier molecular flexibility index (Phi) is 5.82. The molecular formula is C21H20F3N3O3. The highest BCUT2D eigenvalue weighted by Gasteiger charge is 2.67. The SMILES string of the molecule is CCCN1C(=O)C(NC(=O)c2ccccc2OC)(C(F)(F)F)N=C1c1ccccc1. The molecule has 1 atom stereocenters. The van der Waals surface area contributed by atoms with Crippen molar-refractivity contribution in [3.05, 3.63) is 65.7 Å². The van der Waals surface area contributed by atoms with Crippen LogP contribution in [0.1, 0.15) is 29.3 Å². The molecule has 1 aliphatic heterocycles. The molecule has 1 N–H and O–H groups in total. The number of nitrogens with zero attached hydrogens (tertiary/aromatic N) is 2. The number of amidine groups is 1. The largest absolute Gasteiger partial charge is 0.496 e. The van der Waals surface area contributed by atoms with Gasteiger partial charge in [0, 0.05) is 12.1 Å². The molecule has 6 nitrogen and oxygen atoms in total. The quantitative estimate of drug-likeness (QED) is 0.780. The second-order valence-electron chi connectivity index (χ2n) is 6.62. The second-order valence-corrected chi connectivity index (χ2v) is 6.62. The van der Waals surface area contributed by atoms with Crippen molar-refractivity contribution in [1.82, 2.24) is 10.2 Å². The van der Waals surface area contributed by atoms with E-state index in [4.69, 9.17) is 4.74 Å². The van der Waals surface area contributed by atoms with Gasteiger partial charge in [-0.25, -0.2) is 4.99 Å². The maximum absolute atomic E-state index is 14.2. The topological polar surface area (TPSA) is 71.0 Å². The summed E-state index contributed by atoms with van der Waals surface area (Å²) < 4.78 is 47.7. The summed E-state index contributed by atoms with van der Waals surface area (Å²) in [4.78, 5) is 30.5. The minimum Gasteiger partial charge on any atom is -0.496 e. The fraction of sp³-hybridized carbons (Fsp3) is 0.286. The third-order valence-corrected chi connectivity index (χ3v) is 4.62. The number of amides is 2. The third-order valence-electron chi connectivity index (χ3n) is 4.62. The molecule has 3 rings (SSSR count). The molecule has 1 unspecified atom stereocenters. The minimum absolute atomic E-state index is 0.0227. The molecular weight excluding hydrogens is 399 g/mol. The van der Waals surface area contributed by atoms with Crippen molar-refractivity contribution < 1.29 is 27.5 Å². The van der Waals surface area contributed by atoms with Crippen LogP contribution in [0.5, 0.6) is 5.75 Å². The zero-order valence-electron chi connectivity index (χ0n) is 16.4. The number of rotatable bonds is 6. The van der Waals surface area contributed by atoms with E-state index in [1.165, 1.54) is 25.3 Å². The number of halogens is 3. The molecule has 1 aliphatic rings. The highest BCUT2D eigenvalue weighted by Crippen LogP contribution is 2.39. The zero-order valence-corrected chi connectivity index (χ0v) is 16.4. The van der Waals surface area contributed by atoms with Gasteiger partial charge < -0.3 is 10.1 Å². The van der Waals surface area contributed by atoms with Crippen LogP contribution in [0.25, 0.3) is 0 Å². The van der Waals surface area contributed by atoms with Crippen LogP contribution in [-0.2, 0) is 4.79 Å². The van der Waals surface area contributed by atoms with Gasteiger partial charge in [0.05, 0.1) is 12.7 Å². The lowest BCUT2D eigenvalue weighted by Gasteiger charge is -2.29. The summed E-state index contributed by atoms with van der Waals surface area (Å²) in [5.41, 5.74) is -3.22. The van der Waals surface area contributed by atoms with Crippen molar-refractivity contribution in [3.63, 3.8) is 0 Å². The highest BCUT2D eigenvalue weighted by molar-refractivity contribution is 6.16. The van der Waals surface area contributed by atoms with Crippen LogP contribution in [-0.4, -0.2) is 48.0 Å². The molecule has 30 heavy (non-hydrogen) atoms. The van der Waals surface area contributed by atoms with Crippen LogP contribution >= 0.6 is 0 Å². The number of methoxy groups -OCH3 is 1. The van der Waals surface area contributed by atoms with Crippen LogP contribution in [0, 0.1) is 0 Å². The maximum Gasteiger partial charge on any atom is 0.442 e. The number of carbonyl (C=O) groups is 2. The summed E-state index contributed by atoms with van der Waals surface area (Å²) in [7, 11) is 1.29. The fourth-order valence-corrected chi connectivity index (χ4v) is 3.20. The van der Waals surface area contributed by atoms with E-state index in [-0.39, 0.29) is 23.7 Å². The van der Waals surface area contributed by atoms with E-state index in [1.54, 1.807) is 43.3 Å². The molecule has 0 radical (unpaired) electrons. The first-order valence-corrected chi connectivity index (χ1v) is 9.24. The molecule has 0 aromatic heterocycles. The first kappa shape index (κ1) is 21.4. The average molecular weight is 419 g/mol. The van der Waals surface area contributed by atoms with E-state index in [0.717, 1.165) is 4.90 Å². The Morgan fingerprint density at radius 1 is 1.13 bits per heavy atom. The van der Waals surface area contributed by atoms with Crippen molar-refractivity contribution in [2.75, 3.05) is 13.7 Å². The highest BCUT2D eigenvalue weighted by atomic mass is 19.4. The standard InChI is InChI=1S/C21H20F3N3O3/c1-3-13-27-17(14-9-5-4-6-10-14)25-20(19(27)29,21(22,23)24)26-18(28)15-11-7-8-12-16(15)30-2/h4-12H,3,13H2,1-2H3,(H,26,28). The summed E-state index contributed by atoms with van der Waals surface area (Å²) >= 11 is 0. The number of nitrogens with one attached hydrogen (secondary N) is 1. The van der Waals surface area contributed by atoms with Gasteiger partial charge in [-0.1, -0.05) is 49.4 Å².